The molecule has 0 unspecified atom stereocenters. The lowest BCUT2D eigenvalue weighted by molar-refractivity contribution is -0.136. The number of aryl methyl sites for hydroxylation is 2. The Labute approximate surface area is 201 Å². The maximum atomic E-state index is 13.7. The summed E-state index contributed by atoms with van der Waals surface area (Å²) in [4.78, 5) is 15.8. The van der Waals surface area contributed by atoms with E-state index in [0.717, 1.165) is 44.5 Å². The highest BCUT2D eigenvalue weighted by Gasteiger charge is 2.35. The van der Waals surface area contributed by atoms with Gasteiger partial charge in [0.05, 0.1) is 23.1 Å². The highest BCUT2D eigenvalue weighted by molar-refractivity contribution is 5.95. The zero-order chi connectivity index (χ0) is 24.7. The van der Waals surface area contributed by atoms with Gasteiger partial charge in [0.15, 0.2) is 0 Å². The Hall–Kier alpha value is -3.55. The Balaban J connectivity index is 1.56. The maximum Gasteiger partial charge on any atom is 0.307 e. The van der Waals surface area contributed by atoms with Gasteiger partial charge < -0.3 is 14.2 Å². The Kier molecular flexibility index (Phi) is 5.91. The molecule has 4 aromatic rings. The topological polar surface area (TPSA) is 81.2 Å². The molecule has 0 bridgehead atoms. The molecule has 35 heavy (non-hydrogen) atoms. The first kappa shape index (κ1) is 23.2. The molecule has 0 amide bonds. The molecule has 1 aliphatic carbocycles. The highest BCUT2D eigenvalue weighted by atomic mass is 19.3. The lowest BCUT2D eigenvalue weighted by atomic mass is 9.87. The van der Waals surface area contributed by atoms with Gasteiger partial charge in [-0.05, 0) is 49.8 Å². The van der Waals surface area contributed by atoms with Crippen molar-refractivity contribution >= 4 is 17.0 Å². The minimum atomic E-state index is -2.56. The number of fused-ring (bicyclic) bond motifs is 1. The van der Waals surface area contributed by atoms with Crippen LogP contribution in [-0.4, -0.2) is 31.7 Å². The zero-order valence-electron chi connectivity index (χ0n) is 19.7. The van der Waals surface area contributed by atoms with Gasteiger partial charge in [-0.3, -0.25) is 9.78 Å². The lowest BCUT2D eigenvalue weighted by Gasteiger charge is -2.28. The molecule has 0 atom stereocenters. The lowest BCUT2D eigenvalue weighted by Crippen LogP contribution is -2.26. The van der Waals surface area contributed by atoms with Gasteiger partial charge in [0.1, 0.15) is 5.76 Å². The first-order valence-electron chi connectivity index (χ1n) is 11.8. The zero-order valence-corrected chi connectivity index (χ0v) is 19.7. The second kappa shape index (κ2) is 8.91. The van der Waals surface area contributed by atoms with Crippen LogP contribution in [0.5, 0.6) is 0 Å². The molecule has 0 saturated heterocycles. The van der Waals surface area contributed by atoms with E-state index in [-0.39, 0.29) is 25.2 Å². The van der Waals surface area contributed by atoms with E-state index in [0.29, 0.717) is 25.1 Å². The van der Waals surface area contributed by atoms with Crippen LogP contribution >= 0.6 is 0 Å². The first-order chi connectivity index (χ1) is 16.7. The van der Waals surface area contributed by atoms with Crippen molar-refractivity contribution in [1.29, 1.82) is 0 Å². The Morgan fingerprint density at radius 2 is 1.89 bits per heavy atom. The molecule has 1 saturated carbocycles. The summed E-state index contributed by atoms with van der Waals surface area (Å²) in [5.74, 6) is -2.55. The molecule has 1 fully saturated rings. The molecule has 6 nitrogen and oxygen atoms in total. The third-order valence-corrected chi connectivity index (χ3v) is 6.95. The van der Waals surface area contributed by atoms with Gasteiger partial charge in [-0.1, -0.05) is 29.4 Å². The van der Waals surface area contributed by atoms with E-state index in [2.05, 4.69) is 15.8 Å². The third kappa shape index (κ3) is 4.70. The normalized spacial score (nSPS) is 16.1. The van der Waals surface area contributed by atoms with Crippen LogP contribution in [-0.2, 0) is 17.8 Å². The van der Waals surface area contributed by atoms with E-state index in [4.69, 9.17) is 14.6 Å². The van der Waals surface area contributed by atoms with Gasteiger partial charge in [-0.25, -0.2) is 8.78 Å². The number of carboxylic acid groups (broad SMARTS) is 1. The number of hydrogen-bond acceptors (Lipinski definition) is 4. The van der Waals surface area contributed by atoms with Gasteiger partial charge in [0, 0.05) is 48.5 Å². The summed E-state index contributed by atoms with van der Waals surface area (Å²) in [7, 11) is 0. The average molecular weight is 480 g/mol. The average Bonchev–Trinajstić information content (AvgIpc) is 3.34. The Bertz CT molecular complexity index is 1360. The van der Waals surface area contributed by atoms with Crippen LogP contribution in [0.15, 0.2) is 47.2 Å². The molecule has 0 spiro atoms. The predicted octanol–water partition coefficient (Wildman–Crippen LogP) is 6.43. The molecular formula is C27H27F2N3O3. The van der Waals surface area contributed by atoms with Crippen LogP contribution in [0.1, 0.15) is 42.7 Å². The fraction of sp³-hybridized carbons (Fsp3) is 0.370. The van der Waals surface area contributed by atoms with Crippen molar-refractivity contribution in [3.63, 3.8) is 0 Å². The molecule has 0 aliphatic heterocycles. The number of carboxylic acids is 1. The van der Waals surface area contributed by atoms with Crippen LogP contribution in [0.25, 0.3) is 33.3 Å². The second-order valence-electron chi connectivity index (χ2n) is 9.55. The largest absolute Gasteiger partial charge is 0.481 e. The van der Waals surface area contributed by atoms with Crippen molar-refractivity contribution in [1.82, 2.24) is 14.7 Å². The SMILES string of the molecule is Cc1noc(C)c1-c1cnc2c(-c3ccc(CC(=O)O)cc3)cn(CC3CCC(F)(F)CC3)c2c1. The maximum absolute atomic E-state index is 13.7. The number of rotatable bonds is 6. The van der Waals surface area contributed by atoms with Crippen molar-refractivity contribution in [2.24, 2.45) is 5.92 Å². The molecule has 1 aliphatic rings. The number of hydrogen-bond donors (Lipinski definition) is 1. The van der Waals surface area contributed by atoms with Gasteiger partial charge in [-0.15, -0.1) is 0 Å². The molecule has 182 valence electrons. The van der Waals surface area contributed by atoms with Crippen molar-refractivity contribution in [2.75, 3.05) is 0 Å². The second-order valence-corrected chi connectivity index (χ2v) is 9.55. The molecule has 8 heteroatoms. The minimum Gasteiger partial charge on any atom is -0.481 e. The van der Waals surface area contributed by atoms with Crippen molar-refractivity contribution in [3.05, 3.63) is 59.7 Å². The summed E-state index contributed by atoms with van der Waals surface area (Å²) in [6.07, 6.45) is 4.64. The van der Waals surface area contributed by atoms with E-state index in [9.17, 15) is 13.6 Å². The Morgan fingerprint density at radius 3 is 2.51 bits per heavy atom. The first-order valence-corrected chi connectivity index (χ1v) is 11.8. The van der Waals surface area contributed by atoms with E-state index in [1.807, 2.05) is 50.5 Å². The van der Waals surface area contributed by atoms with E-state index in [1.165, 1.54) is 0 Å². The molecule has 5 rings (SSSR count). The summed E-state index contributed by atoms with van der Waals surface area (Å²) in [5, 5.41) is 13.1. The molecule has 3 aromatic heterocycles. The number of aromatic nitrogens is 3. The highest BCUT2D eigenvalue weighted by Crippen LogP contribution is 2.39. The van der Waals surface area contributed by atoms with Crippen molar-refractivity contribution < 1.29 is 23.2 Å². The summed E-state index contributed by atoms with van der Waals surface area (Å²) < 4.78 is 34.9. The standard InChI is InChI=1S/C27H27F2N3O3/c1-16-25(17(2)35-31-16)21-12-23-26(30-13-21)22(20-5-3-18(4-6-20)11-24(33)34)15-32(23)14-19-7-9-27(28,29)10-8-19/h3-6,12-13,15,19H,7-11,14H2,1-2H3,(H,33,34). The smallest absolute Gasteiger partial charge is 0.307 e. The van der Waals surface area contributed by atoms with E-state index < -0.39 is 11.9 Å². The van der Waals surface area contributed by atoms with Gasteiger partial charge in [0.2, 0.25) is 5.92 Å². The number of aliphatic carboxylic acids is 1. The molecule has 3 heterocycles. The number of alkyl halides is 2. The van der Waals surface area contributed by atoms with Crippen LogP contribution in [0.2, 0.25) is 0 Å². The fourth-order valence-electron chi connectivity index (χ4n) is 5.10. The summed E-state index contributed by atoms with van der Waals surface area (Å²) >= 11 is 0. The van der Waals surface area contributed by atoms with Gasteiger partial charge >= 0.3 is 5.97 Å². The molecular weight excluding hydrogens is 452 g/mol. The molecule has 0 radical (unpaired) electrons. The van der Waals surface area contributed by atoms with E-state index >= 15 is 0 Å². The van der Waals surface area contributed by atoms with E-state index in [1.54, 1.807) is 0 Å². The van der Waals surface area contributed by atoms with Crippen LogP contribution in [0, 0.1) is 19.8 Å². The van der Waals surface area contributed by atoms with Crippen LogP contribution < -0.4 is 0 Å². The summed E-state index contributed by atoms with van der Waals surface area (Å²) in [6.45, 7) is 4.39. The number of nitrogens with zero attached hydrogens (tertiary/aromatic N) is 3. The summed E-state index contributed by atoms with van der Waals surface area (Å²) in [6, 6.07) is 9.50. The number of carbonyl (C=O) groups is 1. The third-order valence-electron chi connectivity index (χ3n) is 6.95. The van der Waals surface area contributed by atoms with Crippen LogP contribution in [0.4, 0.5) is 8.78 Å². The predicted molar refractivity (Wildman–Crippen MR) is 128 cm³/mol. The fourth-order valence-corrected chi connectivity index (χ4v) is 5.10. The molecule has 1 aromatic carbocycles. The number of benzene rings is 1. The van der Waals surface area contributed by atoms with Crippen LogP contribution in [0.3, 0.4) is 0 Å². The monoisotopic (exact) mass is 479 g/mol. The number of pyridine rings is 1. The van der Waals surface area contributed by atoms with Gasteiger partial charge in [0.25, 0.3) is 0 Å². The van der Waals surface area contributed by atoms with Crippen molar-refractivity contribution in [2.45, 2.75) is 58.4 Å². The van der Waals surface area contributed by atoms with Gasteiger partial charge in [-0.2, -0.15) is 0 Å². The molecule has 1 N–H and O–H groups in total. The Morgan fingerprint density at radius 1 is 1.17 bits per heavy atom. The van der Waals surface area contributed by atoms with Crippen molar-refractivity contribution in [3.8, 4) is 22.3 Å². The summed E-state index contributed by atoms with van der Waals surface area (Å²) in [5.41, 5.74) is 6.89. The number of halogens is 2. The minimum absolute atomic E-state index is 0.0343. The quantitative estimate of drug-likeness (QED) is 0.345.